The van der Waals surface area contributed by atoms with Gasteiger partial charge in [-0.15, -0.1) is 0 Å². The van der Waals surface area contributed by atoms with E-state index in [4.69, 9.17) is 0 Å². The Hall–Kier alpha value is -3.41. The van der Waals surface area contributed by atoms with Gasteiger partial charge in [0.05, 0.1) is 6.42 Å². The summed E-state index contributed by atoms with van der Waals surface area (Å²) < 4.78 is 15.0. The summed E-state index contributed by atoms with van der Waals surface area (Å²) in [5.41, 5.74) is 2.44. The zero-order chi connectivity index (χ0) is 20.9. The first-order valence-corrected chi connectivity index (χ1v) is 10.1. The van der Waals surface area contributed by atoms with Crippen molar-refractivity contribution in [3.63, 3.8) is 0 Å². The Labute approximate surface area is 175 Å². The smallest absolute Gasteiger partial charge is 0.251 e. The first-order chi connectivity index (χ1) is 14.6. The maximum absolute atomic E-state index is 13.0. The van der Waals surface area contributed by atoms with Gasteiger partial charge in [0.1, 0.15) is 5.82 Å². The van der Waals surface area contributed by atoms with Gasteiger partial charge in [0.25, 0.3) is 5.91 Å². The van der Waals surface area contributed by atoms with E-state index in [9.17, 15) is 14.0 Å². The molecule has 5 nitrogen and oxygen atoms in total. The second kappa shape index (κ2) is 8.95. The van der Waals surface area contributed by atoms with Gasteiger partial charge in [-0.3, -0.25) is 9.59 Å². The van der Waals surface area contributed by atoms with Crippen LogP contribution >= 0.6 is 0 Å². The summed E-state index contributed by atoms with van der Waals surface area (Å²) in [5.74, 6) is -0.362. The first-order valence-electron chi connectivity index (χ1n) is 10.1. The molecule has 0 radical (unpaired) electrons. The maximum atomic E-state index is 13.0. The lowest BCUT2D eigenvalue weighted by Crippen LogP contribution is -2.47. The van der Waals surface area contributed by atoms with Crippen LogP contribution in [0.1, 0.15) is 28.8 Å². The number of halogens is 1. The summed E-state index contributed by atoms with van der Waals surface area (Å²) in [6, 6.07) is 17.5. The van der Waals surface area contributed by atoms with Crippen LogP contribution in [0.25, 0.3) is 5.69 Å². The second-order valence-electron chi connectivity index (χ2n) is 7.57. The lowest BCUT2D eigenvalue weighted by molar-refractivity contribution is -0.131. The Bertz CT molecular complexity index is 990. The van der Waals surface area contributed by atoms with E-state index in [-0.39, 0.29) is 30.1 Å². The molecule has 0 spiro atoms. The lowest BCUT2D eigenvalue weighted by Gasteiger charge is -2.32. The number of amides is 2. The number of likely N-dealkylation sites (tertiary alicyclic amines) is 1. The summed E-state index contributed by atoms with van der Waals surface area (Å²) in [7, 11) is 0. The van der Waals surface area contributed by atoms with Crippen LogP contribution in [0.5, 0.6) is 0 Å². The number of nitrogens with zero attached hydrogens (tertiary/aromatic N) is 2. The number of piperidine rings is 1. The number of carbonyl (C=O) groups is 2. The molecule has 0 unspecified atom stereocenters. The van der Waals surface area contributed by atoms with Crippen LogP contribution in [0.4, 0.5) is 4.39 Å². The van der Waals surface area contributed by atoms with E-state index in [2.05, 4.69) is 5.32 Å². The van der Waals surface area contributed by atoms with Gasteiger partial charge in [-0.2, -0.15) is 0 Å². The molecule has 4 rings (SSSR count). The number of carbonyl (C=O) groups excluding carboxylic acids is 2. The minimum atomic E-state index is -0.304. The summed E-state index contributed by atoms with van der Waals surface area (Å²) in [6.07, 6.45) is 5.64. The monoisotopic (exact) mass is 405 g/mol. The summed E-state index contributed by atoms with van der Waals surface area (Å²) in [5, 5.41) is 3.08. The number of benzene rings is 2. The van der Waals surface area contributed by atoms with Gasteiger partial charge in [0.2, 0.25) is 5.91 Å². The Morgan fingerprint density at radius 3 is 2.20 bits per heavy atom. The van der Waals surface area contributed by atoms with Gasteiger partial charge in [-0.05, 0) is 66.9 Å². The van der Waals surface area contributed by atoms with Crippen LogP contribution in [0.3, 0.4) is 0 Å². The number of aromatic nitrogens is 1. The standard InChI is InChI=1S/C24H24FN3O2/c25-20-7-3-18(4-8-20)17-23(29)28-15-11-21(12-16-28)26-24(30)19-5-9-22(10-6-19)27-13-1-2-14-27/h1-10,13-14,21H,11-12,15-17H2,(H,26,30). The van der Waals surface area contributed by atoms with Crippen LogP contribution in [-0.4, -0.2) is 40.4 Å². The summed E-state index contributed by atoms with van der Waals surface area (Å²) in [6.45, 7) is 1.22. The van der Waals surface area contributed by atoms with Crippen LogP contribution < -0.4 is 5.32 Å². The fourth-order valence-corrected chi connectivity index (χ4v) is 3.72. The normalized spacial score (nSPS) is 14.5. The Kier molecular flexibility index (Phi) is 5.93. The van der Waals surface area contributed by atoms with Gasteiger partial charge in [0, 0.05) is 42.8 Å². The fraction of sp³-hybridized carbons (Fsp3) is 0.250. The Balaban J connectivity index is 1.26. The van der Waals surface area contributed by atoms with Crippen molar-refractivity contribution in [3.05, 3.63) is 90.0 Å². The molecule has 1 aliphatic rings. The van der Waals surface area contributed by atoms with Crippen molar-refractivity contribution in [2.45, 2.75) is 25.3 Å². The highest BCUT2D eigenvalue weighted by Crippen LogP contribution is 2.15. The molecule has 1 aromatic heterocycles. The zero-order valence-electron chi connectivity index (χ0n) is 16.6. The molecule has 3 aromatic rings. The molecule has 30 heavy (non-hydrogen) atoms. The topological polar surface area (TPSA) is 54.3 Å². The first kappa shape index (κ1) is 19.9. The van der Waals surface area contributed by atoms with E-state index in [0.717, 1.165) is 24.1 Å². The molecular weight excluding hydrogens is 381 g/mol. The molecule has 0 bridgehead atoms. The summed E-state index contributed by atoms with van der Waals surface area (Å²) in [4.78, 5) is 26.9. The van der Waals surface area contributed by atoms with Crippen LogP contribution in [0.15, 0.2) is 73.1 Å². The van der Waals surface area contributed by atoms with Crippen molar-refractivity contribution < 1.29 is 14.0 Å². The number of rotatable bonds is 5. The minimum absolute atomic E-state index is 0.0342. The highest BCUT2D eigenvalue weighted by atomic mass is 19.1. The van der Waals surface area contributed by atoms with E-state index >= 15 is 0 Å². The highest BCUT2D eigenvalue weighted by molar-refractivity contribution is 5.94. The molecule has 1 N–H and O–H groups in total. The second-order valence-corrected chi connectivity index (χ2v) is 7.57. The predicted molar refractivity (Wildman–Crippen MR) is 113 cm³/mol. The van der Waals surface area contributed by atoms with E-state index in [1.54, 1.807) is 12.1 Å². The van der Waals surface area contributed by atoms with Crippen LogP contribution in [0, 0.1) is 5.82 Å². The van der Waals surface area contributed by atoms with Crippen LogP contribution in [0.2, 0.25) is 0 Å². The van der Waals surface area contributed by atoms with Gasteiger partial charge in [-0.25, -0.2) is 4.39 Å². The molecule has 0 aliphatic carbocycles. The molecule has 0 atom stereocenters. The van der Waals surface area contributed by atoms with E-state index in [1.807, 2.05) is 58.3 Å². The van der Waals surface area contributed by atoms with Crippen LogP contribution in [-0.2, 0) is 11.2 Å². The largest absolute Gasteiger partial charge is 0.349 e. The predicted octanol–water partition coefficient (Wildman–Crippen LogP) is 3.58. The Morgan fingerprint density at radius 2 is 1.57 bits per heavy atom. The maximum Gasteiger partial charge on any atom is 0.251 e. The van der Waals surface area contributed by atoms with Gasteiger partial charge >= 0.3 is 0 Å². The number of nitrogens with one attached hydrogen (secondary N) is 1. The third-order valence-electron chi connectivity index (χ3n) is 5.48. The van der Waals surface area contributed by atoms with E-state index < -0.39 is 0 Å². The summed E-state index contributed by atoms with van der Waals surface area (Å²) >= 11 is 0. The number of hydrogen-bond acceptors (Lipinski definition) is 2. The number of hydrogen-bond donors (Lipinski definition) is 1. The molecule has 2 aromatic carbocycles. The molecule has 1 saturated heterocycles. The highest BCUT2D eigenvalue weighted by Gasteiger charge is 2.24. The molecule has 2 heterocycles. The molecule has 6 heteroatoms. The van der Waals surface area contributed by atoms with Crippen molar-refractivity contribution in [2.75, 3.05) is 13.1 Å². The van der Waals surface area contributed by atoms with Gasteiger partial charge in [-0.1, -0.05) is 12.1 Å². The van der Waals surface area contributed by atoms with Crippen molar-refractivity contribution in [1.82, 2.24) is 14.8 Å². The molecule has 0 saturated carbocycles. The van der Waals surface area contributed by atoms with Crippen molar-refractivity contribution in [2.24, 2.45) is 0 Å². The van der Waals surface area contributed by atoms with E-state index in [0.29, 0.717) is 18.7 Å². The molecule has 2 amide bonds. The molecule has 154 valence electrons. The SMILES string of the molecule is O=C(NC1CCN(C(=O)Cc2ccc(F)cc2)CC1)c1ccc(-n2cccc2)cc1. The zero-order valence-corrected chi connectivity index (χ0v) is 16.6. The quantitative estimate of drug-likeness (QED) is 0.706. The van der Waals surface area contributed by atoms with Gasteiger partial charge < -0.3 is 14.8 Å². The van der Waals surface area contributed by atoms with Gasteiger partial charge in [0.15, 0.2) is 0 Å². The molecule has 1 aliphatic heterocycles. The third kappa shape index (κ3) is 4.76. The lowest BCUT2D eigenvalue weighted by atomic mass is 10.0. The fourth-order valence-electron chi connectivity index (χ4n) is 3.72. The average Bonchev–Trinajstić information content (AvgIpc) is 3.31. The minimum Gasteiger partial charge on any atom is -0.349 e. The third-order valence-corrected chi connectivity index (χ3v) is 5.48. The average molecular weight is 405 g/mol. The van der Waals surface area contributed by atoms with E-state index in [1.165, 1.54) is 12.1 Å². The van der Waals surface area contributed by atoms with Crippen molar-refractivity contribution in [3.8, 4) is 5.69 Å². The molecular formula is C24H24FN3O2. The van der Waals surface area contributed by atoms with Crippen molar-refractivity contribution in [1.29, 1.82) is 0 Å². The molecule has 1 fully saturated rings. The van der Waals surface area contributed by atoms with Crippen molar-refractivity contribution >= 4 is 11.8 Å². The Morgan fingerprint density at radius 1 is 0.933 bits per heavy atom.